The minimum absolute atomic E-state index is 1.03. The third kappa shape index (κ3) is 11.6. The Hall–Kier alpha value is -1.04. The fourth-order valence-electron chi connectivity index (χ4n) is 2.81. The second-order valence-electron chi connectivity index (χ2n) is 6.39. The molecular weight excluding hydrogens is 264 g/mol. The fourth-order valence-corrected chi connectivity index (χ4v) is 2.81. The van der Waals surface area contributed by atoms with Crippen LogP contribution in [0.2, 0.25) is 0 Å². The average Bonchev–Trinajstić information content (AvgIpc) is 2.56. The molecule has 123 valence electrons. The van der Waals surface area contributed by atoms with Crippen molar-refractivity contribution in [2.45, 2.75) is 90.4 Å². The molecule has 0 spiro atoms. The van der Waals surface area contributed by atoms with Crippen molar-refractivity contribution < 1.29 is 0 Å². The normalized spacial score (nSPS) is 11.3. The van der Waals surface area contributed by atoms with Crippen molar-refractivity contribution >= 4 is 0 Å². The van der Waals surface area contributed by atoms with Crippen molar-refractivity contribution in [2.75, 3.05) is 0 Å². The standard InChI is InChI=1S/C22H35/c1-2-3-4-5-6-7-8-9-10-11-12-13-14-16-19-22-20-17-15-18-21-22/h14-18,20H,2-13,19H2,1H3. The minimum Gasteiger partial charge on any atom is -0.0882 e. The SMILES string of the molecule is CCCCCCCCCCCCCC=CCc1[c]cccc1. The maximum atomic E-state index is 3.26. The monoisotopic (exact) mass is 299 g/mol. The van der Waals surface area contributed by atoms with Gasteiger partial charge in [0.1, 0.15) is 0 Å². The van der Waals surface area contributed by atoms with Crippen LogP contribution in [0.25, 0.3) is 0 Å². The molecule has 0 bridgehead atoms. The highest BCUT2D eigenvalue weighted by Crippen LogP contribution is 2.12. The van der Waals surface area contributed by atoms with E-state index in [4.69, 9.17) is 0 Å². The largest absolute Gasteiger partial charge is 0.0882 e. The summed E-state index contributed by atoms with van der Waals surface area (Å²) in [5, 5.41) is 0. The van der Waals surface area contributed by atoms with E-state index in [0.29, 0.717) is 0 Å². The molecule has 0 aliphatic heterocycles. The molecule has 0 unspecified atom stereocenters. The third-order valence-corrected chi connectivity index (χ3v) is 4.25. The van der Waals surface area contributed by atoms with Gasteiger partial charge in [-0.05, 0) is 30.9 Å². The van der Waals surface area contributed by atoms with Gasteiger partial charge in [0.05, 0.1) is 0 Å². The van der Waals surface area contributed by atoms with Crippen molar-refractivity contribution in [1.82, 2.24) is 0 Å². The van der Waals surface area contributed by atoms with Crippen molar-refractivity contribution in [1.29, 1.82) is 0 Å². The molecule has 0 heterocycles. The molecule has 1 aromatic rings. The molecule has 0 fully saturated rings. The highest BCUT2D eigenvalue weighted by Gasteiger charge is 1.92. The number of hydrogen-bond acceptors (Lipinski definition) is 0. The van der Waals surface area contributed by atoms with Crippen LogP contribution >= 0.6 is 0 Å². The Bertz CT molecular complexity index is 350. The van der Waals surface area contributed by atoms with Crippen LogP contribution in [0.1, 0.15) is 89.5 Å². The first-order valence-electron chi connectivity index (χ1n) is 9.54. The summed E-state index contributed by atoms with van der Waals surface area (Å²) < 4.78 is 0. The highest BCUT2D eigenvalue weighted by molar-refractivity contribution is 5.15. The summed E-state index contributed by atoms with van der Waals surface area (Å²) in [6.07, 6.45) is 22.6. The molecule has 0 saturated heterocycles. The smallest absolute Gasteiger partial charge is 0.00913 e. The molecule has 22 heavy (non-hydrogen) atoms. The van der Waals surface area contributed by atoms with Gasteiger partial charge < -0.3 is 0 Å². The van der Waals surface area contributed by atoms with Gasteiger partial charge in [-0.3, -0.25) is 0 Å². The van der Waals surface area contributed by atoms with Gasteiger partial charge in [0.25, 0.3) is 0 Å². The lowest BCUT2D eigenvalue weighted by Gasteiger charge is -2.01. The van der Waals surface area contributed by atoms with Gasteiger partial charge in [0.2, 0.25) is 0 Å². The van der Waals surface area contributed by atoms with Crippen LogP contribution in [0.5, 0.6) is 0 Å². The molecule has 0 atom stereocenters. The number of allylic oxidation sites excluding steroid dienone is 2. The lowest BCUT2D eigenvalue weighted by molar-refractivity contribution is 0.550. The Morgan fingerprint density at radius 1 is 0.773 bits per heavy atom. The Balaban J connectivity index is 1.80. The lowest BCUT2D eigenvalue weighted by atomic mass is 10.1. The highest BCUT2D eigenvalue weighted by atomic mass is 14.0. The Labute approximate surface area is 139 Å². The molecule has 0 amide bonds. The van der Waals surface area contributed by atoms with E-state index in [1.807, 2.05) is 12.1 Å². The topological polar surface area (TPSA) is 0 Å². The zero-order chi connectivity index (χ0) is 15.7. The summed E-state index contributed by atoms with van der Waals surface area (Å²) in [6, 6.07) is 11.5. The van der Waals surface area contributed by atoms with Crippen LogP contribution in [0, 0.1) is 6.07 Å². The van der Waals surface area contributed by atoms with Crippen LogP contribution in [0.4, 0.5) is 0 Å². The second-order valence-corrected chi connectivity index (χ2v) is 6.39. The maximum Gasteiger partial charge on any atom is -0.00913 e. The van der Waals surface area contributed by atoms with Crippen LogP contribution in [0.15, 0.2) is 36.4 Å². The molecule has 0 heteroatoms. The maximum absolute atomic E-state index is 3.26. The fraction of sp³-hybridized carbons (Fsp3) is 0.636. The predicted molar refractivity (Wildman–Crippen MR) is 99.2 cm³/mol. The lowest BCUT2D eigenvalue weighted by Crippen LogP contribution is -1.82. The van der Waals surface area contributed by atoms with Gasteiger partial charge in [-0.2, -0.15) is 0 Å². The van der Waals surface area contributed by atoms with Crippen LogP contribution in [-0.2, 0) is 6.42 Å². The molecule has 1 rings (SSSR count). The van der Waals surface area contributed by atoms with Gasteiger partial charge in [0, 0.05) is 0 Å². The van der Waals surface area contributed by atoms with Crippen molar-refractivity contribution in [3.8, 4) is 0 Å². The number of unbranched alkanes of at least 4 members (excludes halogenated alkanes) is 11. The molecule has 1 radical (unpaired) electrons. The molecule has 0 nitrogen and oxygen atoms in total. The van der Waals surface area contributed by atoms with Gasteiger partial charge in [0.15, 0.2) is 0 Å². The van der Waals surface area contributed by atoms with Crippen molar-refractivity contribution in [3.05, 3.63) is 48.0 Å². The van der Waals surface area contributed by atoms with Crippen molar-refractivity contribution in [3.63, 3.8) is 0 Å². The van der Waals surface area contributed by atoms with Gasteiger partial charge in [-0.15, -0.1) is 0 Å². The molecular formula is C22H35. The first-order valence-corrected chi connectivity index (χ1v) is 9.54. The predicted octanol–water partition coefficient (Wildman–Crippen LogP) is 7.29. The van der Waals surface area contributed by atoms with Crippen LogP contribution < -0.4 is 0 Å². The molecule has 0 saturated carbocycles. The number of benzene rings is 1. The Morgan fingerprint density at radius 3 is 2.00 bits per heavy atom. The molecule has 1 aromatic carbocycles. The van der Waals surface area contributed by atoms with E-state index in [0.717, 1.165) is 6.42 Å². The molecule has 0 N–H and O–H groups in total. The quantitative estimate of drug-likeness (QED) is 0.250. The second kappa shape index (κ2) is 14.9. The van der Waals surface area contributed by atoms with E-state index >= 15 is 0 Å². The Morgan fingerprint density at radius 2 is 1.41 bits per heavy atom. The first-order chi connectivity index (χ1) is 10.9. The van der Waals surface area contributed by atoms with Crippen LogP contribution in [-0.4, -0.2) is 0 Å². The minimum atomic E-state index is 1.03. The van der Waals surface area contributed by atoms with E-state index in [2.05, 4.69) is 37.3 Å². The van der Waals surface area contributed by atoms with E-state index in [1.165, 1.54) is 82.6 Å². The van der Waals surface area contributed by atoms with Gasteiger partial charge in [-0.1, -0.05) is 108 Å². The van der Waals surface area contributed by atoms with Crippen LogP contribution in [0.3, 0.4) is 0 Å². The summed E-state index contributed by atoms with van der Waals surface area (Å²) >= 11 is 0. The van der Waals surface area contributed by atoms with E-state index in [-0.39, 0.29) is 0 Å². The van der Waals surface area contributed by atoms with E-state index in [9.17, 15) is 0 Å². The molecule has 0 aromatic heterocycles. The summed E-state index contributed by atoms with van der Waals surface area (Å²) in [5.74, 6) is 0. The molecule has 0 aliphatic carbocycles. The number of hydrogen-bond donors (Lipinski definition) is 0. The average molecular weight is 300 g/mol. The summed E-state index contributed by atoms with van der Waals surface area (Å²) in [6.45, 7) is 2.29. The first kappa shape index (κ1) is 19.0. The summed E-state index contributed by atoms with van der Waals surface area (Å²) in [7, 11) is 0. The Kier molecular flexibility index (Phi) is 12.9. The van der Waals surface area contributed by atoms with Crippen molar-refractivity contribution in [2.24, 2.45) is 0 Å². The van der Waals surface area contributed by atoms with E-state index in [1.54, 1.807) is 0 Å². The zero-order valence-corrected chi connectivity index (χ0v) is 14.7. The molecule has 0 aliphatic rings. The zero-order valence-electron chi connectivity index (χ0n) is 14.7. The number of rotatable bonds is 14. The summed E-state index contributed by atoms with van der Waals surface area (Å²) in [4.78, 5) is 0. The van der Waals surface area contributed by atoms with Gasteiger partial charge >= 0.3 is 0 Å². The summed E-state index contributed by atoms with van der Waals surface area (Å²) in [5.41, 5.74) is 1.29. The van der Waals surface area contributed by atoms with Gasteiger partial charge in [-0.25, -0.2) is 0 Å². The third-order valence-electron chi connectivity index (χ3n) is 4.25. The van der Waals surface area contributed by atoms with E-state index < -0.39 is 0 Å².